The van der Waals surface area contributed by atoms with Gasteiger partial charge >= 0.3 is 0 Å². The number of anilines is 2. The zero-order valence-corrected chi connectivity index (χ0v) is 14.9. The summed E-state index contributed by atoms with van der Waals surface area (Å²) in [4.78, 5) is 26.8. The Morgan fingerprint density at radius 3 is 2.46 bits per heavy atom. The summed E-state index contributed by atoms with van der Waals surface area (Å²) in [7, 11) is 0. The van der Waals surface area contributed by atoms with E-state index in [1.54, 1.807) is 12.1 Å². The number of nitro benzene ring substituents is 1. The predicted octanol–water partition coefficient (Wildman–Crippen LogP) is 3.01. The molecule has 1 heterocycles. The van der Waals surface area contributed by atoms with Crippen molar-refractivity contribution in [2.24, 2.45) is 0 Å². The van der Waals surface area contributed by atoms with Gasteiger partial charge in [-0.3, -0.25) is 19.8 Å². The number of carbonyl (C=O) groups is 1. The van der Waals surface area contributed by atoms with Gasteiger partial charge in [0.1, 0.15) is 0 Å². The molecule has 1 aliphatic heterocycles. The molecular weight excluding hydrogens is 356 g/mol. The van der Waals surface area contributed by atoms with Crippen LogP contribution < -0.4 is 10.2 Å². The molecule has 0 aliphatic carbocycles. The molecule has 0 spiro atoms. The molecule has 0 bridgehead atoms. The Labute approximate surface area is 156 Å². The number of hydrogen-bond acceptors (Lipinski definition) is 5. The predicted molar refractivity (Wildman–Crippen MR) is 102 cm³/mol. The number of hydrogen-bond donors (Lipinski definition) is 1. The third-order valence-corrected chi connectivity index (χ3v) is 4.52. The van der Waals surface area contributed by atoms with Gasteiger partial charge in [0.25, 0.3) is 5.69 Å². The Bertz CT molecular complexity index is 789. The van der Waals surface area contributed by atoms with Gasteiger partial charge < -0.3 is 10.2 Å². The Morgan fingerprint density at radius 2 is 1.81 bits per heavy atom. The second-order valence-electron chi connectivity index (χ2n) is 6.10. The van der Waals surface area contributed by atoms with Gasteiger partial charge in [0.15, 0.2) is 0 Å². The number of nitrogens with zero attached hydrogens (tertiary/aromatic N) is 3. The third kappa shape index (κ3) is 4.71. The highest BCUT2D eigenvalue weighted by molar-refractivity contribution is 6.30. The molecule has 7 nitrogen and oxygen atoms in total. The smallest absolute Gasteiger partial charge is 0.271 e. The fourth-order valence-electron chi connectivity index (χ4n) is 2.92. The van der Waals surface area contributed by atoms with Gasteiger partial charge in [0, 0.05) is 54.7 Å². The van der Waals surface area contributed by atoms with E-state index < -0.39 is 4.92 Å². The molecule has 2 aromatic rings. The second kappa shape index (κ2) is 8.16. The van der Waals surface area contributed by atoms with Crippen LogP contribution in [0.1, 0.15) is 0 Å². The number of amides is 1. The van der Waals surface area contributed by atoms with Crippen molar-refractivity contribution in [3.8, 4) is 0 Å². The molecule has 1 amide bonds. The lowest BCUT2D eigenvalue weighted by atomic mass is 10.2. The number of rotatable bonds is 5. The standard InChI is InChI=1S/C18H19ClN4O3/c19-14-4-6-16(7-5-14)22-10-8-21(9-11-22)13-18(24)20-15-2-1-3-17(12-15)23(25)26/h1-7,12H,8-11,13H2,(H,20,24). The van der Waals surface area contributed by atoms with Crippen molar-refractivity contribution in [1.82, 2.24) is 4.90 Å². The molecule has 1 saturated heterocycles. The summed E-state index contributed by atoms with van der Waals surface area (Å²) in [6.45, 7) is 3.45. The molecule has 1 fully saturated rings. The zero-order valence-electron chi connectivity index (χ0n) is 14.1. The molecule has 0 radical (unpaired) electrons. The first kappa shape index (κ1) is 18.2. The van der Waals surface area contributed by atoms with E-state index in [-0.39, 0.29) is 18.1 Å². The number of carbonyl (C=O) groups excluding carboxylic acids is 1. The Morgan fingerprint density at radius 1 is 1.12 bits per heavy atom. The largest absolute Gasteiger partial charge is 0.369 e. The average Bonchev–Trinajstić information content (AvgIpc) is 2.63. The van der Waals surface area contributed by atoms with Crippen LogP contribution in [0, 0.1) is 10.1 Å². The number of halogens is 1. The van der Waals surface area contributed by atoms with Crippen LogP contribution in [0.3, 0.4) is 0 Å². The lowest BCUT2D eigenvalue weighted by Gasteiger charge is -2.35. The normalized spacial score (nSPS) is 14.9. The summed E-state index contributed by atoms with van der Waals surface area (Å²) in [5.41, 5.74) is 1.51. The van der Waals surface area contributed by atoms with Crippen LogP contribution in [0.25, 0.3) is 0 Å². The van der Waals surface area contributed by atoms with Gasteiger partial charge in [0.2, 0.25) is 5.91 Å². The SMILES string of the molecule is O=C(CN1CCN(c2ccc(Cl)cc2)CC1)Nc1cccc([N+](=O)[O-])c1. The van der Waals surface area contributed by atoms with Crippen molar-refractivity contribution in [3.05, 3.63) is 63.7 Å². The van der Waals surface area contributed by atoms with E-state index in [0.717, 1.165) is 31.9 Å². The number of piperazine rings is 1. The molecule has 1 N–H and O–H groups in total. The molecule has 0 saturated carbocycles. The summed E-state index contributed by atoms with van der Waals surface area (Å²) in [5.74, 6) is -0.176. The summed E-state index contributed by atoms with van der Waals surface area (Å²) in [6.07, 6.45) is 0. The first-order valence-electron chi connectivity index (χ1n) is 8.28. The number of nitro groups is 1. The first-order valence-corrected chi connectivity index (χ1v) is 8.66. The molecule has 0 aromatic heterocycles. The Kier molecular flexibility index (Phi) is 5.70. The van der Waals surface area contributed by atoms with Gasteiger partial charge in [-0.05, 0) is 30.3 Å². The van der Waals surface area contributed by atoms with Crippen molar-refractivity contribution in [2.75, 3.05) is 42.9 Å². The van der Waals surface area contributed by atoms with Crippen LogP contribution in [-0.2, 0) is 4.79 Å². The zero-order chi connectivity index (χ0) is 18.5. The minimum Gasteiger partial charge on any atom is -0.369 e. The summed E-state index contributed by atoms with van der Waals surface area (Å²) < 4.78 is 0. The van der Waals surface area contributed by atoms with Crippen molar-refractivity contribution in [1.29, 1.82) is 0 Å². The molecule has 0 atom stereocenters. The third-order valence-electron chi connectivity index (χ3n) is 4.27. The van der Waals surface area contributed by atoms with Crippen molar-refractivity contribution in [2.45, 2.75) is 0 Å². The summed E-state index contributed by atoms with van der Waals surface area (Å²) in [5, 5.41) is 14.2. The molecule has 2 aromatic carbocycles. The van der Waals surface area contributed by atoms with Crippen LogP contribution in [-0.4, -0.2) is 48.5 Å². The van der Waals surface area contributed by atoms with Gasteiger partial charge in [-0.2, -0.15) is 0 Å². The molecule has 26 heavy (non-hydrogen) atoms. The van der Waals surface area contributed by atoms with Gasteiger partial charge in [0.05, 0.1) is 11.5 Å². The van der Waals surface area contributed by atoms with Crippen LogP contribution in [0.2, 0.25) is 5.02 Å². The highest BCUT2D eigenvalue weighted by Gasteiger charge is 2.19. The fraction of sp³-hybridized carbons (Fsp3) is 0.278. The molecule has 136 valence electrons. The summed E-state index contributed by atoms with van der Waals surface area (Å²) in [6, 6.07) is 13.7. The van der Waals surface area contributed by atoms with Gasteiger partial charge in [-0.1, -0.05) is 17.7 Å². The quantitative estimate of drug-likeness (QED) is 0.643. The molecule has 0 unspecified atom stereocenters. The van der Waals surface area contributed by atoms with E-state index in [4.69, 9.17) is 11.6 Å². The van der Waals surface area contributed by atoms with E-state index in [0.29, 0.717) is 10.7 Å². The minimum absolute atomic E-state index is 0.0422. The van der Waals surface area contributed by atoms with E-state index in [1.165, 1.54) is 12.1 Å². The second-order valence-corrected chi connectivity index (χ2v) is 6.53. The topological polar surface area (TPSA) is 78.7 Å². The van der Waals surface area contributed by atoms with Crippen LogP contribution in [0.5, 0.6) is 0 Å². The van der Waals surface area contributed by atoms with Crippen molar-refractivity contribution in [3.63, 3.8) is 0 Å². The maximum atomic E-state index is 12.2. The average molecular weight is 375 g/mol. The van der Waals surface area contributed by atoms with Crippen LogP contribution in [0.4, 0.5) is 17.1 Å². The van der Waals surface area contributed by atoms with Gasteiger partial charge in [-0.25, -0.2) is 0 Å². The van der Waals surface area contributed by atoms with E-state index in [9.17, 15) is 14.9 Å². The maximum absolute atomic E-state index is 12.2. The monoisotopic (exact) mass is 374 g/mol. The Balaban J connectivity index is 1.49. The highest BCUT2D eigenvalue weighted by Crippen LogP contribution is 2.20. The molecule has 1 aliphatic rings. The number of nitrogens with one attached hydrogen (secondary N) is 1. The van der Waals surface area contributed by atoms with E-state index in [2.05, 4.69) is 15.1 Å². The van der Waals surface area contributed by atoms with Gasteiger partial charge in [-0.15, -0.1) is 0 Å². The van der Waals surface area contributed by atoms with Crippen molar-refractivity contribution < 1.29 is 9.72 Å². The number of benzene rings is 2. The van der Waals surface area contributed by atoms with Crippen LogP contribution >= 0.6 is 11.6 Å². The van der Waals surface area contributed by atoms with Crippen LogP contribution in [0.15, 0.2) is 48.5 Å². The molecule has 3 rings (SSSR count). The van der Waals surface area contributed by atoms with Crippen molar-refractivity contribution >= 4 is 34.6 Å². The maximum Gasteiger partial charge on any atom is 0.271 e. The lowest BCUT2D eigenvalue weighted by Crippen LogP contribution is -2.48. The fourth-order valence-corrected chi connectivity index (χ4v) is 3.04. The van der Waals surface area contributed by atoms with E-state index in [1.807, 2.05) is 24.3 Å². The highest BCUT2D eigenvalue weighted by atomic mass is 35.5. The Hall–Kier alpha value is -2.64. The molecular formula is C18H19ClN4O3. The minimum atomic E-state index is -0.481. The first-order chi connectivity index (χ1) is 12.5. The summed E-state index contributed by atoms with van der Waals surface area (Å²) >= 11 is 5.92. The lowest BCUT2D eigenvalue weighted by molar-refractivity contribution is -0.384. The number of non-ortho nitro benzene ring substituents is 1. The van der Waals surface area contributed by atoms with E-state index >= 15 is 0 Å². The molecule has 8 heteroatoms.